The summed E-state index contributed by atoms with van der Waals surface area (Å²) < 4.78 is 40.0. The van der Waals surface area contributed by atoms with E-state index in [1.807, 2.05) is 48.5 Å². The largest absolute Gasteiger partial charge is 0.396 e. The first-order chi connectivity index (χ1) is 19.6. The standard InChI is InChI=1S/C31H63NO10/c1-9-15-36-21-26(34)24-39-19-20-40-29(4,5)13-18-41-31(8,32)28(2,3)25-42-30(6,7)12-17-38-23-27(35)22-37-16-11-10-14-33/h9,26-27,33-35H,1,10-25,32H2,2-8H3. The SMILES string of the molecule is C=CCOCC(O)COCCOC(C)(C)CCOC(C)(N)C(C)(C)COC(C)(C)CCOCC(O)COCCCCO. The van der Waals surface area contributed by atoms with Crippen LogP contribution >= 0.6 is 0 Å². The van der Waals surface area contributed by atoms with Gasteiger partial charge in [-0.3, -0.25) is 0 Å². The van der Waals surface area contributed by atoms with Gasteiger partial charge in [-0.2, -0.15) is 0 Å². The second kappa shape index (κ2) is 21.9. The van der Waals surface area contributed by atoms with Gasteiger partial charge in [0.15, 0.2) is 0 Å². The summed E-state index contributed by atoms with van der Waals surface area (Å²) in [6.45, 7) is 21.3. The van der Waals surface area contributed by atoms with E-state index in [2.05, 4.69) is 6.58 Å². The van der Waals surface area contributed by atoms with Crippen molar-refractivity contribution in [1.29, 1.82) is 0 Å². The van der Waals surface area contributed by atoms with Gasteiger partial charge in [-0.05, 0) is 60.3 Å². The average Bonchev–Trinajstić information content (AvgIpc) is 2.89. The van der Waals surface area contributed by atoms with Crippen molar-refractivity contribution in [3.63, 3.8) is 0 Å². The van der Waals surface area contributed by atoms with Crippen LogP contribution in [0.5, 0.6) is 0 Å². The molecule has 0 aliphatic rings. The Labute approximate surface area is 255 Å². The quantitative estimate of drug-likeness (QED) is 0.0563. The fourth-order valence-electron chi connectivity index (χ4n) is 3.42. The van der Waals surface area contributed by atoms with E-state index in [1.54, 1.807) is 6.08 Å². The number of aliphatic hydroxyl groups excluding tert-OH is 3. The lowest BCUT2D eigenvalue weighted by Gasteiger charge is -2.43. The number of aliphatic hydroxyl groups is 3. The lowest BCUT2D eigenvalue weighted by atomic mass is 9.83. The number of nitrogens with two attached hydrogens (primary N) is 1. The van der Waals surface area contributed by atoms with Crippen molar-refractivity contribution in [2.24, 2.45) is 11.1 Å². The summed E-state index contributed by atoms with van der Waals surface area (Å²) in [5.41, 5.74) is 4.29. The molecule has 252 valence electrons. The van der Waals surface area contributed by atoms with Gasteiger partial charge in [0.25, 0.3) is 0 Å². The highest BCUT2D eigenvalue weighted by atomic mass is 16.6. The van der Waals surface area contributed by atoms with E-state index in [0.717, 1.165) is 6.42 Å². The molecular formula is C31H63NO10. The Morgan fingerprint density at radius 3 is 1.79 bits per heavy atom. The van der Waals surface area contributed by atoms with Gasteiger partial charge in [-0.1, -0.05) is 19.9 Å². The molecule has 0 aliphatic carbocycles. The third-order valence-electron chi connectivity index (χ3n) is 7.02. The Hall–Kier alpha value is -0.700. The molecule has 0 aromatic rings. The zero-order valence-corrected chi connectivity index (χ0v) is 27.5. The minimum absolute atomic E-state index is 0.148. The minimum Gasteiger partial charge on any atom is -0.396 e. The summed E-state index contributed by atoms with van der Waals surface area (Å²) in [6.07, 6.45) is 3.00. The van der Waals surface area contributed by atoms with E-state index >= 15 is 0 Å². The Kier molecular flexibility index (Phi) is 21.5. The van der Waals surface area contributed by atoms with Crippen molar-refractivity contribution in [3.8, 4) is 0 Å². The zero-order valence-electron chi connectivity index (χ0n) is 27.5. The summed E-state index contributed by atoms with van der Waals surface area (Å²) in [5, 5.41) is 28.6. The molecule has 0 amide bonds. The molecular weight excluding hydrogens is 546 g/mol. The summed E-state index contributed by atoms with van der Waals surface area (Å²) >= 11 is 0. The second-order valence-electron chi connectivity index (χ2n) is 12.8. The molecule has 0 spiro atoms. The van der Waals surface area contributed by atoms with Crippen LogP contribution < -0.4 is 5.73 Å². The molecule has 0 radical (unpaired) electrons. The Morgan fingerprint density at radius 2 is 1.19 bits per heavy atom. The molecule has 3 atom stereocenters. The monoisotopic (exact) mass is 609 g/mol. The molecule has 0 heterocycles. The van der Waals surface area contributed by atoms with Gasteiger partial charge in [-0.25, -0.2) is 0 Å². The van der Waals surface area contributed by atoms with E-state index in [0.29, 0.717) is 65.5 Å². The van der Waals surface area contributed by atoms with Crippen LogP contribution in [0.1, 0.15) is 74.1 Å². The predicted octanol–water partition coefficient (Wildman–Crippen LogP) is 2.82. The van der Waals surface area contributed by atoms with Crippen LogP contribution in [0.2, 0.25) is 0 Å². The van der Waals surface area contributed by atoms with E-state index in [9.17, 15) is 10.2 Å². The highest BCUT2D eigenvalue weighted by molar-refractivity contribution is 4.88. The van der Waals surface area contributed by atoms with Gasteiger partial charge in [0, 0.05) is 25.2 Å². The van der Waals surface area contributed by atoms with Crippen LogP contribution in [-0.2, 0) is 33.2 Å². The number of ether oxygens (including phenoxy) is 7. The Balaban J connectivity index is 4.28. The van der Waals surface area contributed by atoms with Crippen molar-refractivity contribution in [2.75, 3.05) is 79.3 Å². The number of rotatable bonds is 29. The third kappa shape index (κ3) is 21.1. The van der Waals surface area contributed by atoms with E-state index < -0.39 is 34.6 Å². The van der Waals surface area contributed by atoms with Crippen molar-refractivity contribution in [3.05, 3.63) is 12.7 Å². The summed E-state index contributed by atoms with van der Waals surface area (Å²) in [6, 6.07) is 0. The van der Waals surface area contributed by atoms with E-state index in [1.165, 1.54) is 0 Å². The zero-order chi connectivity index (χ0) is 32.1. The van der Waals surface area contributed by atoms with Crippen LogP contribution in [0.4, 0.5) is 0 Å². The first kappa shape index (κ1) is 41.3. The van der Waals surface area contributed by atoms with Gasteiger partial charge in [0.2, 0.25) is 0 Å². The predicted molar refractivity (Wildman–Crippen MR) is 163 cm³/mol. The molecule has 11 nitrogen and oxygen atoms in total. The maximum Gasteiger partial charge on any atom is 0.121 e. The van der Waals surface area contributed by atoms with Gasteiger partial charge in [0.05, 0.1) is 70.7 Å². The minimum atomic E-state index is -0.941. The third-order valence-corrected chi connectivity index (χ3v) is 7.02. The summed E-state index contributed by atoms with van der Waals surface area (Å²) in [4.78, 5) is 0. The van der Waals surface area contributed by atoms with Crippen LogP contribution in [0, 0.1) is 5.41 Å². The molecule has 11 heteroatoms. The number of unbranched alkanes of at least 4 members (excludes halogenated alkanes) is 1. The van der Waals surface area contributed by atoms with Crippen LogP contribution in [0.3, 0.4) is 0 Å². The molecule has 0 bridgehead atoms. The topological polar surface area (TPSA) is 151 Å². The van der Waals surface area contributed by atoms with Crippen molar-refractivity contribution >= 4 is 0 Å². The first-order valence-electron chi connectivity index (χ1n) is 15.2. The maximum absolute atomic E-state index is 9.98. The van der Waals surface area contributed by atoms with Crippen molar-refractivity contribution < 1.29 is 48.5 Å². The van der Waals surface area contributed by atoms with Gasteiger partial charge < -0.3 is 54.2 Å². The maximum atomic E-state index is 9.98. The van der Waals surface area contributed by atoms with Crippen molar-refractivity contribution in [2.45, 2.75) is 103 Å². The smallest absolute Gasteiger partial charge is 0.121 e. The molecule has 0 rings (SSSR count). The van der Waals surface area contributed by atoms with Crippen LogP contribution in [0.25, 0.3) is 0 Å². The molecule has 0 aliphatic heterocycles. The lowest BCUT2D eigenvalue weighted by Crippen LogP contribution is -2.55. The second-order valence-corrected chi connectivity index (χ2v) is 12.8. The van der Waals surface area contributed by atoms with Gasteiger partial charge >= 0.3 is 0 Å². The van der Waals surface area contributed by atoms with Crippen molar-refractivity contribution in [1.82, 2.24) is 0 Å². The highest BCUT2D eigenvalue weighted by Gasteiger charge is 2.40. The number of hydrogen-bond donors (Lipinski definition) is 4. The molecule has 0 aromatic carbocycles. The number of hydrogen-bond acceptors (Lipinski definition) is 11. The molecule has 0 saturated carbocycles. The summed E-state index contributed by atoms with van der Waals surface area (Å²) in [5.74, 6) is 0. The van der Waals surface area contributed by atoms with Gasteiger partial charge in [0.1, 0.15) is 17.9 Å². The molecule has 0 saturated heterocycles. The van der Waals surface area contributed by atoms with E-state index in [-0.39, 0.29) is 33.0 Å². The molecule has 5 N–H and O–H groups in total. The summed E-state index contributed by atoms with van der Waals surface area (Å²) in [7, 11) is 0. The Morgan fingerprint density at radius 1 is 0.667 bits per heavy atom. The lowest BCUT2D eigenvalue weighted by molar-refractivity contribution is -0.165. The van der Waals surface area contributed by atoms with Crippen LogP contribution in [-0.4, -0.2) is 124 Å². The average molecular weight is 610 g/mol. The highest BCUT2D eigenvalue weighted by Crippen LogP contribution is 2.33. The first-order valence-corrected chi connectivity index (χ1v) is 15.2. The van der Waals surface area contributed by atoms with Gasteiger partial charge in [-0.15, -0.1) is 6.58 Å². The fourth-order valence-corrected chi connectivity index (χ4v) is 3.42. The fraction of sp³-hybridized carbons (Fsp3) is 0.935. The molecule has 3 unspecified atom stereocenters. The normalized spacial score (nSPS) is 15.9. The van der Waals surface area contributed by atoms with E-state index in [4.69, 9.17) is 44.0 Å². The molecule has 0 aromatic heterocycles. The molecule has 0 fully saturated rings. The van der Waals surface area contributed by atoms with Crippen LogP contribution in [0.15, 0.2) is 12.7 Å². The Bertz CT molecular complexity index is 672. The molecule has 42 heavy (non-hydrogen) atoms.